The number of rotatable bonds is 4. The van der Waals surface area contributed by atoms with E-state index in [2.05, 4.69) is 0 Å². The molecule has 0 saturated carbocycles. The van der Waals surface area contributed by atoms with Gasteiger partial charge in [0.25, 0.3) is 0 Å². The highest BCUT2D eigenvalue weighted by atomic mass is 16.5. The minimum Gasteiger partial charge on any atom is -0.497 e. The first kappa shape index (κ1) is 15.0. The second kappa shape index (κ2) is 5.72. The summed E-state index contributed by atoms with van der Waals surface area (Å²) in [7, 11) is 6.02. The van der Waals surface area contributed by atoms with Crippen LogP contribution in [0.2, 0.25) is 0 Å². The molecule has 0 spiro atoms. The van der Waals surface area contributed by atoms with Crippen LogP contribution in [0.25, 0.3) is 21.9 Å². The molecule has 6 nitrogen and oxygen atoms in total. The molecule has 3 aromatic rings. The zero-order valence-electron chi connectivity index (χ0n) is 13.3. The lowest BCUT2D eigenvalue weighted by molar-refractivity contribution is 0.349. The first-order valence-electron chi connectivity index (χ1n) is 6.88. The van der Waals surface area contributed by atoms with Crippen molar-refractivity contribution in [1.29, 1.82) is 0 Å². The topological polar surface area (TPSA) is 67.1 Å². The third-order valence-corrected chi connectivity index (χ3v) is 3.68. The highest BCUT2D eigenvalue weighted by molar-refractivity contribution is 5.97. The van der Waals surface area contributed by atoms with Crippen LogP contribution in [-0.4, -0.2) is 28.4 Å². The standard InChI is InChI=1S/C17H16O6/c1-19-9-5-6-11-10(7-9)15(18)14-12(20-2)8-13(21-3)16(22-4)17(14)23-11/h5-8H,1-4H3. The van der Waals surface area contributed by atoms with Crippen molar-refractivity contribution in [2.45, 2.75) is 0 Å². The molecule has 0 amide bonds. The summed E-state index contributed by atoms with van der Waals surface area (Å²) in [6, 6.07) is 6.64. The predicted octanol–water partition coefficient (Wildman–Crippen LogP) is 2.98. The lowest BCUT2D eigenvalue weighted by atomic mass is 10.1. The lowest BCUT2D eigenvalue weighted by Crippen LogP contribution is -2.06. The molecule has 6 heteroatoms. The summed E-state index contributed by atoms with van der Waals surface area (Å²) in [5.74, 6) is 1.70. The van der Waals surface area contributed by atoms with Gasteiger partial charge in [0.05, 0.1) is 33.8 Å². The monoisotopic (exact) mass is 316 g/mol. The summed E-state index contributed by atoms with van der Waals surface area (Å²) in [5, 5.41) is 0.702. The maximum atomic E-state index is 12.9. The SMILES string of the molecule is COc1ccc2oc3c(OC)c(OC)cc(OC)c3c(=O)c2c1. The van der Waals surface area contributed by atoms with E-state index in [4.69, 9.17) is 23.4 Å². The van der Waals surface area contributed by atoms with Gasteiger partial charge in [0, 0.05) is 6.07 Å². The van der Waals surface area contributed by atoms with Crippen molar-refractivity contribution >= 4 is 21.9 Å². The van der Waals surface area contributed by atoms with E-state index in [0.29, 0.717) is 39.4 Å². The Balaban J connectivity index is 2.54. The van der Waals surface area contributed by atoms with E-state index in [1.807, 2.05) is 0 Å². The number of hydrogen-bond donors (Lipinski definition) is 0. The smallest absolute Gasteiger partial charge is 0.205 e. The number of hydrogen-bond acceptors (Lipinski definition) is 6. The molecule has 0 bridgehead atoms. The largest absolute Gasteiger partial charge is 0.497 e. The van der Waals surface area contributed by atoms with Crippen molar-refractivity contribution in [2.24, 2.45) is 0 Å². The number of ether oxygens (including phenoxy) is 4. The van der Waals surface area contributed by atoms with Crippen molar-refractivity contribution in [1.82, 2.24) is 0 Å². The Kier molecular flexibility index (Phi) is 3.73. The molecule has 0 unspecified atom stereocenters. The minimum atomic E-state index is -0.224. The average Bonchev–Trinajstić information content (AvgIpc) is 2.60. The second-order valence-electron chi connectivity index (χ2n) is 4.81. The van der Waals surface area contributed by atoms with Gasteiger partial charge >= 0.3 is 0 Å². The summed E-state index contributed by atoms with van der Waals surface area (Å²) in [6.45, 7) is 0. The van der Waals surface area contributed by atoms with Crippen molar-refractivity contribution in [3.8, 4) is 23.0 Å². The van der Waals surface area contributed by atoms with Gasteiger partial charge in [0.15, 0.2) is 11.3 Å². The van der Waals surface area contributed by atoms with E-state index in [9.17, 15) is 4.79 Å². The van der Waals surface area contributed by atoms with Gasteiger partial charge in [-0.05, 0) is 18.2 Å². The fraction of sp³-hybridized carbons (Fsp3) is 0.235. The maximum absolute atomic E-state index is 12.9. The Hall–Kier alpha value is -2.89. The van der Waals surface area contributed by atoms with E-state index in [1.54, 1.807) is 24.3 Å². The van der Waals surface area contributed by atoms with Gasteiger partial charge in [-0.25, -0.2) is 0 Å². The van der Waals surface area contributed by atoms with Crippen LogP contribution < -0.4 is 24.4 Å². The van der Waals surface area contributed by atoms with Crippen LogP contribution in [0.3, 0.4) is 0 Å². The lowest BCUT2D eigenvalue weighted by Gasteiger charge is -2.13. The van der Waals surface area contributed by atoms with Crippen LogP contribution in [0, 0.1) is 0 Å². The van der Waals surface area contributed by atoms with E-state index in [1.165, 1.54) is 28.4 Å². The molecule has 0 N–H and O–H groups in total. The molecule has 0 aliphatic rings. The molecule has 0 radical (unpaired) electrons. The summed E-state index contributed by atoms with van der Waals surface area (Å²) in [4.78, 5) is 12.9. The first-order valence-corrected chi connectivity index (χ1v) is 6.88. The fourth-order valence-electron chi connectivity index (χ4n) is 2.56. The van der Waals surface area contributed by atoms with Gasteiger partial charge in [-0.15, -0.1) is 0 Å². The van der Waals surface area contributed by atoms with Crippen LogP contribution in [0.1, 0.15) is 0 Å². The van der Waals surface area contributed by atoms with Crippen LogP contribution in [-0.2, 0) is 0 Å². The Bertz CT molecular complexity index is 941. The van der Waals surface area contributed by atoms with Gasteiger partial charge in [-0.2, -0.15) is 0 Å². The van der Waals surface area contributed by atoms with Crippen LogP contribution in [0.5, 0.6) is 23.0 Å². The summed E-state index contributed by atoms with van der Waals surface area (Å²) >= 11 is 0. The predicted molar refractivity (Wildman–Crippen MR) is 86.2 cm³/mol. The van der Waals surface area contributed by atoms with Crippen LogP contribution >= 0.6 is 0 Å². The first-order chi connectivity index (χ1) is 11.1. The molecule has 1 heterocycles. The van der Waals surface area contributed by atoms with E-state index in [-0.39, 0.29) is 11.0 Å². The summed E-state index contributed by atoms with van der Waals surface area (Å²) in [5.41, 5.74) is 0.487. The Morgan fingerprint density at radius 3 is 2.22 bits per heavy atom. The Labute approximate surface area is 132 Å². The molecular formula is C17H16O6. The molecule has 0 fully saturated rings. The Morgan fingerprint density at radius 2 is 1.61 bits per heavy atom. The van der Waals surface area contributed by atoms with E-state index < -0.39 is 0 Å². The van der Waals surface area contributed by atoms with Crippen molar-refractivity contribution < 1.29 is 23.4 Å². The Morgan fingerprint density at radius 1 is 0.870 bits per heavy atom. The van der Waals surface area contributed by atoms with Gasteiger partial charge in [0.2, 0.25) is 11.2 Å². The zero-order chi connectivity index (χ0) is 16.6. The highest BCUT2D eigenvalue weighted by Crippen LogP contribution is 2.41. The quantitative estimate of drug-likeness (QED) is 0.689. The zero-order valence-corrected chi connectivity index (χ0v) is 13.3. The van der Waals surface area contributed by atoms with Crippen molar-refractivity contribution in [3.05, 3.63) is 34.5 Å². The molecule has 0 atom stereocenters. The molecule has 120 valence electrons. The maximum Gasteiger partial charge on any atom is 0.205 e. The van der Waals surface area contributed by atoms with Crippen LogP contribution in [0.15, 0.2) is 33.5 Å². The molecule has 0 aliphatic carbocycles. The molecule has 3 rings (SSSR count). The minimum absolute atomic E-state index is 0.224. The van der Waals surface area contributed by atoms with Gasteiger partial charge in [-0.1, -0.05) is 0 Å². The second-order valence-corrected chi connectivity index (χ2v) is 4.81. The van der Waals surface area contributed by atoms with Crippen LogP contribution in [0.4, 0.5) is 0 Å². The van der Waals surface area contributed by atoms with Gasteiger partial charge in [0.1, 0.15) is 22.5 Å². The fourth-order valence-corrected chi connectivity index (χ4v) is 2.56. The van der Waals surface area contributed by atoms with E-state index >= 15 is 0 Å². The molecule has 23 heavy (non-hydrogen) atoms. The summed E-state index contributed by atoms with van der Waals surface area (Å²) in [6.07, 6.45) is 0. The third-order valence-electron chi connectivity index (χ3n) is 3.68. The average molecular weight is 316 g/mol. The molecular weight excluding hydrogens is 300 g/mol. The molecule has 0 saturated heterocycles. The number of fused-ring (bicyclic) bond motifs is 2. The van der Waals surface area contributed by atoms with E-state index in [0.717, 1.165) is 0 Å². The molecule has 2 aromatic carbocycles. The van der Waals surface area contributed by atoms with Crippen molar-refractivity contribution in [2.75, 3.05) is 28.4 Å². The molecule has 1 aromatic heterocycles. The normalized spacial score (nSPS) is 10.8. The number of methoxy groups -OCH3 is 4. The van der Waals surface area contributed by atoms with Crippen molar-refractivity contribution in [3.63, 3.8) is 0 Å². The van der Waals surface area contributed by atoms with Gasteiger partial charge < -0.3 is 23.4 Å². The third kappa shape index (κ3) is 2.23. The molecule has 0 aliphatic heterocycles. The highest BCUT2D eigenvalue weighted by Gasteiger charge is 2.21. The van der Waals surface area contributed by atoms with Gasteiger partial charge in [-0.3, -0.25) is 4.79 Å². The number of benzene rings is 2. The summed E-state index contributed by atoms with van der Waals surface area (Å²) < 4.78 is 27.0.